The summed E-state index contributed by atoms with van der Waals surface area (Å²) in [5, 5.41) is 3.20. The summed E-state index contributed by atoms with van der Waals surface area (Å²) in [6.45, 7) is 5.22. The van der Waals surface area contributed by atoms with E-state index in [1.54, 1.807) is 12.4 Å². The molecule has 1 aliphatic heterocycles. The lowest BCUT2D eigenvalue weighted by Crippen LogP contribution is -2.45. The number of pyridine rings is 1. The molecule has 1 aromatic carbocycles. The molecule has 0 radical (unpaired) electrons. The monoisotopic (exact) mass is 351 g/mol. The van der Waals surface area contributed by atoms with Gasteiger partial charge in [0.1, 0.15) is 0 Å². The average Bonchev–Trinajstić information content (AvgIpc) is 2.72. The molecule has 3 rings (SSSR count). The summed E-state index contributed by atoms with van der Waals surface area (Å²) < 4.78 is 0. The first-order valence-electron chi connectivity index (χ1n) is 9.69. The Morgan fingerprint density at radius 2 is 1.77 bits per heavy atom. The van der Waals surface area contributed by atoms with E-state index in [4.69, 9.17) is 0 Å². The Morgan fingerprint density at radius 1 is 1.08 bits per heavy atom. The highest BCUT2D eigenvalue weighted by Gasteiger charge is 2.23. The lowest BCUT2D eigenvalue weighted by atomic mass is 9.91. The zero-order valence-corrected chi connectivity index (χ0v) is 15.6. The summed E-state index contributed by atoms with van der Waals surface area (Å²) in [6, 6.07) is 14.4. The fraction of sp³-hybridized carbons (Fsp3) is 0.455. The van der Waals surface area contributed by atoms with Crippen LogP contribution in [-0.2, 0) is 11.2 Å². The normalized spacial score (nSPS) is 17.4. The minimum Gasteiger partial charge on any atom is -0.354 e. The first kappa shape index (κ1) is 18.6. The molecule has 138 valence electrons. The van der Waals surface area contributed by atoms with E-state index >= 15 is 0 Å². The number of aromatic nitrogens is 1. The van der Waals surface area contributed by atoms with Gasteiger partial charge in [0.05, 0.1) is 5.92 Å². The Kier molecular flexibility index (Phi) is 6.78. The third-order valence-electron chi connectivity index (χ3n) is 5.29. The van der Waals surface area contributed by atoms with Crippen LogP contribution in [0.1, 0.15) is 43.2 Å². The summed E-state index contributed by atoms with van der Waals surface area (Å²) in [5.74, 6) is -0.0657. The predicted octanol–water partition coefficient (Wildman–Crippen LogP) is 3.40. The number of piperidine rings is 1. The van der Waals surface area contributed by atoms with E-state index in [1.807, 2.05) is 42.5 Å². The Morgan fingerprint density at radius 3 is 2.46 bits per heavy atom. The lowest BCUT2D eigenvalue weighted by Gasteiger charge is -2.32. The van der Waals surface area contributed by atoms with Crippen molar-refractivity contribution in [3.05, 3.63) is 66.0 Å². The Bertz CT molecular complexity index is 668. The van der Waals surface area contributed by atoms with Gasteiger partial charge in [-0.25, -0.2) is 0 Å². The van der Waals surface area contributed by atoms with Crippen LogP contribution in [0.3, 0.4) is 0 Å². The van der Waals surface area contributed by atoms with Crippen LogP contribution in [0, 0.1) is 0 Å². The Balaban J connectivity index is 1.64. The molecule has 2 heterocycles. The molecule has 0 saturated carbocycles. The molecule has 4 heteroatoms. The molecule has 1 aromatic heterocycles. The molecule has 26 heavy (non-hydrogen) atoms. The second kappa shape index (κ2) is 9.48. The van der Waals surface area contributed by atoms with Gasteiger partial charge in [-0.2, -0.15) is 0 Å². The molecule has 1 N–H and O–H groups in total. The first-order valence-corrected chi connectivity index (χ1v) is 9.69. The number of carbonyl (C=O) groups is 1. The van der Waals surface area contributed by atoms with Gasteiger partial charge in [-0.3, -0.25) is 14.7 Å². The van der Waals surface area contributed by atoms with Crippen molar-refractivity contribution in [1.29, 1.82) is 0 Å². The van der Waals surface area contributed by atoms with Crippen LogP contribution < -0.4 is 5.32 Å². The van der Waals surface area contributed by atoms with Gasteiger partial charge in [-0.05, 0) is 62.5 Å². The molecule has 0 aliphatic carbocycles. The maximum absolute atomic E-state index is 13.0. The molecule has 2 unspecified atom stereocenters. The van der Waals surface area contributed by atoms with Crippen molar-refractivity contribution in [3.8, 4) is 0 Å². The highest BCUT2D eigenvalue weighted by Crippen LogP contribution is 2.21. The number of benzene rings is 1. The zero-order chi connectivity index (χ0) is 18.2. The minimum absolute atomic E-state index is 0.108. The predicted molar refractivity (Wildman–Crippen MR) is 105 cm³/mol. The van der Waals surface area contributed by atoms with Crippen molar-refractivity contribution in [2.75, 3.05) is 19.6 Å². The number of hydrogen-bond donors (Lipinski definition) is 1. The molecular weight excluding hydrogens is 322 g/mol. The second-order valence-electron chi connectivity index (χ2n) is 7.21. The molecule has 1 aliphatic rings. The first-order chi connectivity index (χ1) is 12.7. The molecule has 2 aromatic rings. The van der Waals surface area contributed by atoms with Crippen molar-refractivity contribution in [1.82, 2.24) is 15.2 Å². The lowest BCUT2D eigenvalue weighted by molar-refractivity contribution is -0.122. The van der Waals surface area contributed by atoms with Crippen LogP contribution in [0.25, 0.3) is 0 Å². The van der Waals surface area contributed by atoms with Crippen LogP contribution in [0.2, 0.25) is 0 Å². The molecule has 0 bridgehead atoms. The van der Waals surface area contributed by atoms with Gasteiger partial charge in [0.25, 0.3) is 0 Å². The fourth-order valence-corrected chi connectivity index (χ4v) is 3.66. The molecule has 2 atom stereocenters. The molecule has 1 amide bonds. The van der Waals surface area contributed by atoms with Crippen LogP contribution in [0.15, 0.2) is 54.9 Å². The van der Waals surface area contributed by atoms with E-state index in [-0.39, 0.29) is 11.8 Å². The summed E-state index contributed by atoms with van der Waals surface area (Å²) in [7, 11) is 0. The van der Waals surface area contributed by atoms with E-state index in [2.05, 4.69) is 22.1 Å². The van der Waals surface area contributed by atoms with Gasteiger partial charge in [0.15, 0.2) is 0 Å². The topological polar surface area (TPSA) is 45.2 Å². The summed E-state index contributed by atoms with van der Waals surface area (Å²) in [4.78, 5) is 19.6. The van der Waals surface area contributed by atoms with E-state index < -0.39 is 0 Å². The average molecular weight is 351 g/mol. The van der Waals surface area contributed by atoms with E-state index in [1.165, 1.54) is 19.3 Å². The van der Waals surface area contributed by atoms with E-state index in [0.717, 1.165) is 24.2 Å². The van der Waals surface area contributed by atoms with Crippen molar-refractivity contribution in [2.24, 2.45) is 0 Å². The number of nitrogens with one attached hydrogen (secondary N) is 1. The summed E-state index contributed by atoms with van der Waals surface area (Å²) in [6.07, 6.45) is 8.13. The highest BCUT2D eigenvalue weighted by molar-refractivity contribution is 5.84. The van der Waals surface area contributed by atoms with Crippen molar-refractivity contribution in [3.63, 3.8) is 0 Å². The van der Waals surface area contributed by atoms with Gasteiger partial charge in [0.2, 0.25) is 5.91 Å². The van der Waals surface area contributed by atoms with Gasteiger partial charge < -0.3 is 5.32 Å². The third-order valence-corrected chi connectivity index (χ3v) is 5.29. The van der Waals surface area contributed by atoms with E-state index in [0.29, 0.717) is 19.0 Å². The molecule has 4 nitrogen and oxygen atoms in total. The van der Waals surface area contributed by atoms with E-state index in [9.17, 15) is 4.79 Å². The third kappa shape index (κ3) is 5.15. The fourth-order valence-electron chi connectivity index (χ4n) is 3.66. The van der Waals surface area contributed by atoms with Gasteiger partial charge in [-0.15, -0.1) is 0 Å². The maximum Gasteiger partial charge on any atom is 0.227 e. The quantitative estimate of drug-likeness (QED) is 0.831. The molecule has 0 spiro atoms. The molecule has 1 saturated heterocycles. The van der Waals surface area contributed by atoms with Crippen molar-refractivity contribution < 1.29 is 4.79 Å². The number of rotatable bonds is 7. The number of nitrogens with zero attached hydrogens (tertiary/aromatic N) is 2. The van der Waals surface area contributed by atoms with Crippen LogP contribution in [0.5, 0.6) is 0 Å². The minimum atomic E-state index is -0.174. The standard InChI is InChI=1S/C22H29N3O/c1-18(25-14-6-3-7-15-25)17-24-22(26)21(20-8-4-2-5-9-20)16-19-10-12-23-13-11-19/h2,4-5,8-13,18,21H,3,6-7,14-17H2,1H3,(H,24,26). The van der Waals surface area contributed by atoms with Crippen LogP contribution >= 0.6 is 0 Å². The van der Waals surface area contributed by atoms with Crippen molar-refractivity contribution >= 4 is 5.91 Å². The largest absolute Gasteiger partial charge is 0.354 e. The number of likely N-dealkylation sites (tertiary alicyclic amines) is 1. The van der Waals surface area contributed by atoms with Gasteiger partial charge in [0, 0.05) is 25.0 Å². The smallest absolute Gasteiger partial charge is 0.227 e. The molecular formula is C22H29N3O. The number of hydrogen-bond acceptors (Lipinski definition) is 3. The highest BCUT2D eigenvalue weighted by atomic mass is 16.1. The van der Waals surface area contributed by atoms with Gasteiger partial charge >= 0.3 is 0 Å². The Hall–Kier alpha value is -2.20. The zero-order valence-electron chi connectivity index (χ0n) is 15.6. The van der Waals surface area contributed by atoms with Crippen LogP contribution in [-0.4, -0.2) is 41.5 Å². The molecule has 1 fully saturated rings. The number of carbonyl (C=O) groups excluding carboxylic acids is 1. The SMILES string of the molecule is CC(CNC(=O)C(Cc1ccncc1)c1ccccc1)N1CCCCC1. The van der Waals surface area contributed by atoms with Crippen molar-refractivity contribution in [2.45, 2.75) is 44.6 Å². The van der Waals surface area contributed by atoms with Crippen LogP contribution in [0.4, 0.5) is 0 Å². The second-order valence-corrected chi connectivity index (χ2v) is 7.21. The Labute approximate surface area is 156 Å². The summed E-state index contributed by atoms with van der Waals surface area (Å²) in [5.41, 5.74) is 2.19. The summed E-state index contributed by atoms with van der Waals surface area (Å²) >= 11 is 0. The maximum atomic E-state index is 13.0. The number of amides is 1. The van der Waals surface area contributed by atoms with Gasteiger partial charge in [-0.1, -0.05) is 36.8 Å².